The fourth-order valence-corrected chi connectivity index (χ4v) is 1.74. The monoisotopic (exact) mass is 248 g/mol. The van der Waals surface area contributed by atoms with Crippen molar-refractivity contribution in [2.24, 2.45) is 0 Å². The Morgan fingerprint density at radius 1 is 1.38 bits per heavy atom. The number of aliphatic hydroxyl groups is 1. The molecule has 7 heteroatoms. The summed E-state index contributed by atoms with van der Waals surface area (Å²) >= 11 is 0. The first-order chi connectivity index (χ1) is 7.57. The van der Waals surface area contributed by atoms with Crippen LogP contribution in [0.4, 0.5) is 0 Å². The van der Waals surface area contributed by atoms with Gasteiger partial charge in [0.25, 0.3) is 0 Å². The van der Waals surface area contributed by atoms with Crippen LogP contribution in [0.3, 0.4) is 0 Å². The Morgan fingerprint density at radius 3 is 2.62 bits per heavy atom. The van der Waals surface area contributed by atoms with Crippen LogP contribution in [0.5, 0.6) is 0 Å². The minimum Gasteiger partial charge on any atom is -0.462 e. The van der Waals surface area contributed by atoms with Crippen molar-refractivity contribution in [1.29, 1.82) is 0 Å². The molecule has 1 rings (SSSR count). The molecule has 6 nitrogen and oxygen atoms in total. The van der Waals surface area contributed by atoms with Crippen molar-refractivity contribution in [1.82, 2.24) is 10.0 Å². The Bertz CT molecular complexity index is 413. The molecule has 0 radical (unpaired) electrons. The molecule has 0 bridgehead atoms. The summed E-state index contributed by atoms with van der Waals surface area (Å²) in [7, 11) is -1.77. The van der Waals surface area contributed by atoms with E-state index in [9.17, 15) is 8.42 Å². The molecular weight excluding hydrogens is 232 g/mol. The van der Waals surface area contributed by atoms with Crippen LogP contribution in [0.2, 0.25) is 0 Å². The summed E-state index contributed by atoms with van der Waals surface area (Å²) in [5, 5.41) is 11.7. The van der Waals surface area contributed by atoms with Gasteiger partial charge in [-0.2, -0.15) is 0 Å². The second kappa shape index (κ2) is 6.00. The van der Waals surface area contributed by atoms with Crippen LogP contribution in [0, 0.1) is 0 Å². The highest BCUT2D eigenvalue weighted by Crippen LogP contribution is 2.06. The number of nitrogens with one attached hydrogen (secondary N) is 2. The number of hydrogen-bond donors (Lipinski definition) is 3. The van der Waals surface area contributed by atoms with Gasteiger partial charge in [0.05, 0.1) is 12.3 Å². The zero-order valence-corrected chi connectivity index (χ0v) is 9.88. The Kier molecular flexibility index (Phi) is 4.94. The molecule has 16 heavy (non-hydrogen) atoms. The molecular formula is C9H16N2O4S. The van der Waals surface area contributed by atoms with Gasteiger partial charge in [0, 0.05) is 6.54 Å². The largest absolute Gasteiger partial charge is 0.462 e. The second-order valence-electron chi connectivity index (χ2n) is 3.23. The molecule has 0 unspecified atom stereocenters. The summed E-state index contributed by atoms with van der Waals surface area (Å²) in [5.41, 5.74) is 0. The number of sulfonamides is 1. The van der Waals surface area contributed by atoms with Gasteiger partial charge in [0.1, 0.15) is 18.1 Å². The van der Waals surface area contributed by atoms with E-state index in [-0.39, 0.29) is 12.4 Å². The maximum Gasteiger partial charge on any atom is 0.212 e. The van der Waals surface area contributed by atoms with Crippen molar-refractivity contribution in [3.05, 3.63) is 23.7 Å². The third-order valence-electron chi connectivity index (χ3n) is 2.03. The molecule has 0 aliphatic rings. The van der Waals surface area contributed by atoms with E-state index in [4.69, 9.17) is 9.52 Å². The van der Waals surface area contributed by atoms with Crippen LogP contribution in [-0.4, -0.2) is 32.9 Å². The van der Waals surface area contributed by atoms with Gasteiger partial charge in [-0.3, -0.25) is 0 Å². The van der Waals surface area contributed by atoms with Crippen molar-refractivity contribution in [2.75, 3.05) is 19.3 Å². The predicted octanol–water partition coefficient (Wildman–Crippen LogP) is -0.589. The first-order valence-electron chi connectivity index (χ1n) is 4.88. The van der Waals surface area contributed by atoms with Gasteiger partial charge >= 0.3 is 0 Å². The Hall–Kier alpha value is -0.890. The van der Waals surface area contributed by atoms with Gasteiger partial charge in [0.15, 0.2) is 0 Å². The number of hydrogen-bond acceptors (Lipinski definition) is 5. The first kappa shape index (κ1) is 13.2. The highest BCUT2D eigenvalue weighted by Gasteiger charge is 2.06. The third kappa shape index (κ3) is 4.31. The minimum atomic E-state index is -3.16. The van der Waals surface area contributed by atoms with Gasteiger partial charge in [0.2, 0.25) is 10.0 Å². The minimum absolute atomic E-state index is 0.0249. The average molecular weight is 248 g/mol. The highest BCUT2D eigenvalue weighted by molar-refractivity contribution is 7.89. The molecule has 92 valence electrons. The van der Waals surface area contributed by atoms with E-state index < -0.39 is 10.0 Å². The van der Waals surface area contributed by atoms with Crippen molar-refractivity contribution in [3.8, 4) is 0 Å². The van der Waals surface area contributed by atoms with Crippen molar-refractivity contribution >= 4 is 10.0 Å². The standard InChI is InChI=1S/C9H16N2O4S/c1-10-16(13,14)5-4-11-6-8-2-3-9(7-12)15-8/h2-3,10-12H,4-7H2,1H3. The summed E-state index contributed by atoms with van der Waals surface area (Å²) in [6, 6.07) is 3.42. The Labute approximate surface area is 94.7 Å². The van der Waals surface area contributed by atoms with Crippen LogP contribution in [0.15, 0.2) is 16.5 Å². The van der Waals surface area contributed by atoms with E-state index in [1.165, 1.54) is 7.05 Å². The van der Waals surface area contributed by atoms with Crippen LogP contribution < -0.4 is 10.0 Å². The zero-order chi connectivity index (χ0) is 12.0. The molecule has 0 saturated heterocycles. The van der Waals surface area contributed by atoms with E-state index in [1.807, 2.05) is 0 Å². The van der Waals surface area contributed by atoms with Crippen molar-refractivity contribution < 1.29 is 17.9 Å². The van der Waals surface area contributed by atoms with E-state index >= 15 is 0 Å². The van der Waals surface area contributed by atoms with E-state index in [1.54, 1.807) is 12.1 Å². The van der Waals surface area contributed by atoms with Gasteiger partial charge in [-0.25, -0.2) is 13.1 Å². The lowest BCUT2D eigenvalue weighted by Gasteiger charge is -2.03. The fraction of sp³-hybridized carbons (Fsp3) is 0.556. The Balaban J connectivity index is 2.26. The second-order valence-corrected chi connectivity index (χ2v) is 5.27. The maximum atomic E-state index is 11.1. The summed E-state index contributed by atoms with van der Waals surface area (Å²) < 4.78 is 29.5. The lowest BCUT2D eigenvalue weighted by molar-refractivity contribution is 0.243. The van der Waals surface area contributed by atoms with Gasteiger partial charge < -0.3 is 14.8 Å². The van der Waals surface area contributed by atoms with E-state index in [0.29, 0.717) is 24.6 Å². The number of rotatable bonds is 7. The summed E-state index contributed by atoms with van der Waals surface area (Å²) in [5.74, 6) is 1.20. The summed E-state index contributed by atoms with van der Waals surface area (Å²) in [6.07, 6.45) is 0. The SMILES string of the molecule is CNS(=O)(=O)CCNCc1ccc(CO)o1. The summed E-state index contributed by atoms with van der Waals surface area (Å²) in [6.45, 7) is 0.658. The summed E-state index contributed by atoms with van der Waals surface area (Å²) in [4.78, 5) is 0. The maximum absolute atomic E-state index is 11.1. The molecule has 0 atom stereocenters. The van der Waals surface area contributed by atoms with Crippen LogP contribution >= 0.6 is 0 Å². The molecule has 0 saturated carbocycles. The van der Waals surface area contributed by atoms with E-state index in [2.05, 4.69) is 10.0 Å². The molecule has 0 fully saturated rings. The molecule has 0 spiro atoms. The lowest BCUT2D eigenvalue weighted by Crippen LogP contribution is -2.29. The predicted molar refractivity (Wildman–Crippen MR) is 59.2 cm³/mol. The van der Waals surface area contributed by atoms with Crippen molar-refractivity contribution in [3.63, 3.8) is 0 Å². The normalized spacial score (nSPS) is 11.9. The van der Waals surface area contributed by atoms with Crippen LogP contribution in [0.25, 0.3) is 0 Å². The van der Waals surface area contributed by atoms with Gasteiger partial charge in [-0.1, -0.05) is 0 Å². The molecule has 0 amide bonds. The smallest absolute Gasteiger partial charge is 0.212 e. The highest BCUT2D eigenvalue weighted by atomic mass is 32.2. The van der Waals surface area contributed by atoms with Crippen molar-refractivity contribution in [2.45, 2.75) is 13.2 Å². The quantitative estimate of drug-likeness (QED) is 0.561. The zero-order valence-electron chi connectivity index (χ0n) is 9.06. The topological polar surface area (TPSA) is 91.6 Å². The molecule has 0 aliphatic carbocycles. The van der Waals surface area contributed by atoms with Crippen LogP contribution in [-0.2, 0) is 23.2 Å². The van der Waals surface area contributed by atoms with Gasteiger partial charge in [-0.15, -0.1) is 0 Å². The fourth-order valence-electron chi connectivity index (χ4n) is 1.12. The van der Waals surface area contributed by atoms with Gasteiger partial charge in [-0.05, 0) is 19.2 Å². The van der Waals surface area contributed by atoms with Crippen LogP contribution in [0.1, 0.15) is 11.5 Å². The molecule has 0 aliphatic heterocycles. The molecule has 1 aromatic heterocycles. The molecule has 3 N–H and O–H groups in total. The molecule has 1 aromatic rings. The lowest BCUT2D eigenvalue weighted by atomic mass is 10.4. The van der Waals surface area contributed by atoms with E-state index in [0.717, 1.165) is 0 Å². The molecule has 1 heterocycles. The third-order valence-corrected chi connectivity index (χ3v) is 3.39. The molecule has 0 aromatic carbocycles. The average Bonchev–Trinajstić information content (AvgIpc) is 2.72. The number of aliphatic hydroxyl groups excluding tert-OH is 1. The Morgan fingerprint density at radius 2 is 2.06 bits per heavy atom. The number of furan rings is 1. The first-order valence-corrected chi connectivity index (χ1v) is 6.53.